The third-order valence-corrected chi connectivity index (χ3v) is 4.27. The van der Waals surface area contributed by atoms with Crippen LogP contribution in [0.25, 0.3) is 0 Å². The van der Waals surface area contributed by atoms with Crippen LogP contribution in [0.3, 0.4) is 0 Å². The molecule has 92 valence electrons. The average molecular weight is 362 g/mol. The maximum atomic E-state index is 10.7. The van der Waals surface area contributed by atoms with Crippen LogP contribution in [0.5, 0.6) is 5.75 Å². The van der Waals surface area contributed by atoms with Crippen LogP contribution < -0.4 is 4.74 Å². The van der Waals surface area contributed by atoms with Crippen LogP contribution in [0.2, 0.25) is 0 Å². The summed E-state index contributed by atoms with van der Waals surface area (Å²) in [4.78, 5) is 10.7. The Morgan fingerprint density at radius 2 is 1.82 bits per heavy atom. The first-order chi connectivity index (χ1) is 8.20. The van der Waals surface area contributed by atoms with Crippen LogP contribution in [0.1, 0.15) is 36.0 Å². The lowest BCUT2D eigenvalue weighted by Gasteiger charge is -2.14. The van der Waals surface area contributed by atoms with Gasteiger partial charge in [0, 0.05) is 5.56 Å². The summed E-state index contributed by atoms with van der Waals surface area (Å²) in [7, 11) is 0. The van der Waals surface area contributed by atoms with Crippen molar-refractivity contribution in [2.75, 3.05) is 6.61 Å². The largest absolute Gasteiger partial charge is 0.491 e. The Kier molecular flexibility index (Phi) is 4.62. The van der Waals surface area contributed by atoms with Crippen molar-refractivity contribution in [3.63, 3.8) is 0 Å². The van der Waals surface area contributed by atoms with Crippen LogP contribution in [0.15, 0.2) is 21.1 Å². The van der Waals surface area contributed by atoms with Crippen molar-refractivity contribution >= 4 is 38.1 Å². The van der Waals surface area contributed by atoms with E-state index in [1.54, 1.807) is 12.1 Å². The molecule has 1 aliphatic rings. The maximum Gasteiger partial charge on any atom is 0.150 e. The van der Waals surface area contributed by atoms with Gasteiger partial charge in [0.25, 0.3) is 0 Å². The Morgan fingerprint density at radius 3 is 2.35 bits per heavy atom. The van der Waals surface area contributed by atoms with Crippen LogP contribution in [0.4, 0.5) is 0 Å². The molecule has 0 spiro atoms. The standard InChI is InChI=1S/C13H14Br2O2/c14-11-5-10(7-16)6-12(15)13(11)17-8-9-3-1-2-4-9/h5-7,9H,1-4,8H2. The predicted octanol–water partition coefficient (Wildman–Crippen LogP) is 4.59. The van der Waals surface area contributed by atoms with Gasteiger partial charge >= 0.3 is 0 Å². The molecule has 0 aliphatic heterocycles. The fourth-order valence-electron chi connectivity index (χ4n) is 2.16. The van der Waals surface area contributed by atoms with Crippen LogP contribution >= 0.6 is 31.9 Å². The molecule has 0 aromatic heterocycles. The summed E-state index contributed by atoms with van der Waals surface area (Å²) in [6.45, 7) is 0.762. The zero-order valence-electron chi connectivity index (χ0n) is 9.42. The first kappa shape index (κ1) is 13.1. The molecule has 17 heavy (non-hydrogen) atoms. The molecule has 1 saturated carbocycles. The minimum atomic E-state index is 0.636. The summed E-state index contributed by atoms with van der Waals surface area (Å²) in [6, 6.07) is 3.56. The van der Waals surface area contributed by atoms with Crippen molar-refractivity contribution in [3.8, 4) is 5.75 Å². The van der Waals surface area contributed by atoms with Crippen LogP contribution in [-0.2, 0) is 0 Å². The smallest absolute Gasteiger partial charge is 0.150 e. The number of hydrogen-bond acceptors (Lipinski definition) is 2. The molecule has 0 amide bonds. The van der Waals surface area contributed by atoms with E-state index in [0.717, 1.165) is 27.6 Å². The first-order valence-corrected chi connectivity index (χ1v) is 7.36. The predicted molar refractivity (Wildman–Crippen MR) is 74.7 cm³/mol. The molecule has 1 fully saturated rings. The van der Waals surface area contributed by atoms with Gasteiger partial charge in [0.2, 0.25) is 0 Å². The van der Waals surface area contributed by atoms with Gasteiger partial charge < -0.3 is 4.74 Å². The zero-order chi connectivity index (χ0) is 12.3. The fourth-order valence-corrected chi connectivity index (χ4v) is 3.61. The molecular formula is C13H14Br2O2. The molecular weight excluding hydrogens is 348 g/mol. The monoisotopic (exact) mass is 360 g/mol. The molecule has 1 aromatic rings. The summed E-state index contributed by atoms with van der Waals surface area (Å²) >= 11 is 6.87. The Balaban J connectivity index is 2.06. The topological polar surface area (TPSA) is 26.3 Å². The highest BCUT2D eigenvalue weighted by Crippen LogP contribution is 2.35. The summed E-state index contributed by atoms with van der Waals surface area (Å²) < 4.78 is 7.49. The number of aldehydes is 1. The highest BCUT2D eigenvalue weighted by molar-refractivity contribution is 9.11. The average Bonchev–Trinajstić information content (AvgIpc) is 2.80. The summed E-state index contributed by atoms with van der Waals surface area (Å²) in [5, 5.41) is 0. The van der Waals surface area contributed by atoms with E-state index in [-0.39, 0.29) is 0 Å². The second-order valence-electron chi connectivity index (χ2n) is 4.39. The van der Waals surface area contributed by atoms with E-state index in [0.29, 0.717) is 11.5 Å². The van der Waals surface area contributed by atoms with E-state index in [1.165, 1.54) is 25.7 Å². The number of hydrogen-bond donors (Lipinski definition) is 0. The van der Waals surface area contributed by atoms with Crippen molar-refractivity contribution in [2.45, 2.75) is 25.7 Å². The normalized spacial score (nSPS) is 16.1. The van der Waals surface area contributed by atoms with Crippen LogP contribution in [-0.4, -0.2) is 12.9 Å². The van der Waals surface area contributed by atoms with Crippen molar-refractivity contribution in [1.29, 1.82) is 0 Å². The number of carbonyl (C=O) groups excluding carboxylic acids is 1. The van der Waals surface area contributed by atoms with Crippen molar-refractivity contribution in [1.82, 2.24) is 0 Å². The van der Waals surface area contributed by atoms with Gasteiger partial charge in [0.15, 0.2) is 0 Å². The summed E-state index contributed by atoms with van der Waals surface area (Å²) in [6.07, 6.45) is 6.00. The van der Waals surface area contributed by atoms with Gasteiger partial charge in [-0.25, -0.2) is 0 Å². The SMILES string of the molecule is O=Cc1cc(Br)c(OCC2CCCC2)c(Br)c1. The minimum absolute atomic E-state index is 0.636. The number of carbonyl (C=O) groups is 1. The van der Waals surface area contributed by atoms with Crippen molar-refractivity contribution < 1.29 is 9.53 Å². The van der Waals surface area contributed by atoms with Gasteiger partial charge in [0.1, 0.15) is 12.0 Å². The van der Waals surface area contributed by atoms with E-state index >= 15 is 0 Å². The van der Waals surface area contributed by atoms with E-state index < -0.39 is 0 Å². The Hall–Kier alpha value is -0.350. The molecule has 1 aromatic carbocycles. The molecule has 2 rings (SSSR count). The van der Waals surface area contributed by atoms with Gasteiger partial charge in [-0.15, -0.1) is 0 Å². The number of rotatable bonds is 4. The van der Waals surface area contributed by atoms with Crippen molar-refractivity contribution in [3.05, 3.63) is 26.6 Å². The number of benzene rings is 1. The zero-order valence-corrected chi connectivity index (χ0v) is 12.6. The van der Waals surface area contributed by atoms with Crippen molar-refractivity contribution in [2.24, 2.45) is 5.92 Å². The quantitative estimate of drug-likeness (QED) is 0.733. The maximum absolute atomic E-state index is 10.7. The Morgan fingerprint density at radius 1 is 1.24 bits per heavy atom. The van der Waals surface area contributed by atoms with Gasteiger partial charge in [-0.2, -0.15) is 0 Å². The van der Waals surface area contributed by atoms with Gasteiger partial charge in [-0.3, -0.25) is 4.79 Å². The molecule has 0 bridgehead atoms. The van der Waals surface area contributed by atoms with E-state index in [1.807, 2.05) is 0 Å². The summed E-state index contributed by atoms with van der Waals surface area (Å²) in [5.74, 6) is 1.47. The second-order valence-corrected chi connectivity index (χ2v) is 6.10. The van der Waals surface area contributed by atoms with Gasteiger partial charge in [-0.05, 0) is 62.8 Å². The Bertz CT molecular complexity index is 389. The minimum Gasteiger partial charge on any atom is -0.491 e. The molecule has 1 aliphatic carbocycles. The lowest BCUT2D eigenvalue weighted by molar-refractivity contribution is 0.112. The number of halogens is 2. The van der Waals surface area contributed by atoms with Crippen LogP contribution in [0, 0.1) is 5.92 Å². The highest BCUT2D eigenvalue weighted by Gasteiger charge is 2.17. The molecule has 4 heteroatoms. The molecule has 0 saturated heterocycles. The lowest BCUT2D eigenvalue weighted by Crippen LogP contribution is -2.08. The number of ether oxygens (including phenoxy) is 1. The van der Waals surface area contributed by atoms with E-state index in [2.05, 4.69) is 31.9 Å². The fraction of sp³-hybridized carbons (Fsp3) is 0.462. The third kappa shape index (κ3) is 3.32. The van der Waals surface area contributed by atoms with Gasteiger partial charge in [0.05, 0.1) is 15.6 Å². The summed E-state index contributed by atoms with van der Waals surface area (Å²) in [5.41, 5.74) is 0.636. The second kappa shape index (κ2) is 6.01. The molecule has 2 nitrogen and oxygen atoms in total. The third-order valence-electron chi connectivity index (χ3n) is 3.09. The van der Waals surface area contributed by atoms with E-state index in [4.69, 9.17) is 4.74 Å². The first-order valence-electron chi connectivity index (χ1n) is 5.77. The molecule has 0 heterocycles. The molecule has 0 unspecified atom stereocenters. The molecule has 0 radical (unpaired) electrons. The highest BCUT2D eigenvalue weighted by atomic mass is 79.9. The molecule has 0 atom stereocenters. The lowest BCUT2D eigenvalue weighted by atomic mass is 10.1. The Labute approximate surface area is 118 Å². The van der Waals surface area contributed by atoms with Gasteiger partial charge in [-0.1, -0.05) is 12.8 Å². The molecule has 0 N–H and O–H groups in total. The van der Waals surface area contributed by atoms with E-state index in [9.17, 15) is 4.79 Å².